The summed E-state index contributed by atoms with van der Waals surface area (Å²) in [5.41, 5.74) is 0.365. The Morgan fingerprint density at radius 2 is 2.00 bits per heavy atom. The van der Waals surface area contributed by atoms with Gasteiger partial charge in [-0.3, -0.25) is 10.1 Å². The molecule has 0 bridgehead atoms. The fourth-order valence-electron chi connectivity index (χ4n) is 1.37. The molecule has 0 heterocycles. The zero-order valence-corrected chi connectivity index (χ0v) is 11.3. The van der Waals surface area contributed by atoms with Crippen molar-refractivity contribution >= 4 is 11.9 Å². The van der Waals surface area contributed by atoms with Gasteiger partial charge in [0.1, 0.15) is 5.82 Å². The van der Waals surface area contributed by atoms with Gasteiger partial charge in [-0.15, -0.1) is 0 Å². The highest BCUT2D eigenvalue weighted by atomic mass is 19.1. The van der Waals surface area contributed by atoms with Crippen LogP contribution >= 0.6 is 0 Å². The van der Waals surface area contributed by atoms with Crippen molar-refractivity contribution < 1.29 is 13.9 Å². The summed E-state index contributed by atoms with van der Waals surface area (Å²) in [6.07, 6.45) is 1.96. The maximum absolute atomic E-state index is 12.8. The predicted molar refractivity (Wildman–Crippen MR) is 72.7 cm³/mol. The highest BCUT2D eigenvalue weighted by Crippen LogP contribution is 2.02. The molecule has 0 saturated heterocycles. The lowest BCUT2D eigenvalue weighted by molar-refractivity contribution is 0.0966. The minimum Gasteiger partial charge on any atom is -0.465 e. The number of nitrogens with one attached hydrogen (secondary N) is 1. The number of benzene rings is 1. The largest absolute Gasteiger partial charge is 0.465 e. The van der Waals surface area contributed by atoms with Crippen LogP contribution in [0.3, 0.4) is 0 Å². The van der Waals surface area contributed by atoms with Crippen LogP contribution in [0, 0.1) is 5.82 Å². The standard InChI is InChI=1S/C14H19FN2O2/c1-3-5-10-16-14(19-4-2)17-13(18)11-6-8-12(15)9-7-11/h6-9H,3-5,10H2,1-2H3,(H,16,17,18). The average Bonchev–Trinajstić information content (AvgIpc) is 2.40. The van der Waals surface area contributed by atoms with Crippen molar-refractivity contribution in [1.29, 1.82) is 0 Å². The molecule has 0 aliphatic heterocycles. The first kappa shape index (κ1) is 15.1. The monoisotopic (exact) mass is 266 g/mol. The molecule has 1 aromatic carbocycles. The molecule has 19 heavy (non-hydrogen) atoms. The SMILES string of the molecule is CCCCN=C(NC(=O)c1ccc(F)cc1)OCC. The second-order valence-electron chi connectivity index (χ2n) is 3.93. The molecule has 4 nitrogen and oxygen atoms in total. The van der Waals surface area contributed by atoms with Crippen LogP contribution in [0.2, 0.25) is 0 Å². The summed E-state index contributed by atoms with van der Waals surface area (Å²) >= 11 is 0. The van der Waals surface area contributed by atoms with E-state index in [4.69, 9.17) is 4.74 Å². The Kier molecular flexibility index (Phi) is 6.57. The first-order chi connectivity index (χ1) is 9.17. The molecular weight excluding hydrogens is 247 g/mol. The van der Waals surface area contributed by atoms with E-state index in [2.05, 4.69) is 17.2 Å². The van der Waals surface area contributed by atoms with Crippen molar-refractivity contribution in [2.45, 2.75) is 26.7 Å². The normalized spacial score (nSPS) is 11.2. The topological polar surface area (TPSA) is 50.7 Å². The first-order valence-electron chi connectivity index (χ1n) is 6.41. The summed E-state index contributed by atoms with van der Waals surface area (Å²) in [7, 11) is 0. The van der Waals surface area contributed by atoms with Gasteiger partial charge in [0, 0.05) is 12.1 Å². The lowest BCUT2D eigenvalue weighted by atomic mass is 10.2. The van der Waals surface area contributed by atoms with Crippen molar-refractivity contribution in [3.8, 4) is 0 Å². The molecule has 0 aliphatic rings. The van der Waals surface area contributed by atoms with Crippen molar-refractivity contribution in [2.24, 2.45) is 4.99 Å². The molecule has 0 fully saturated rings. The number of ether oxygens (including phenoxy) is 1. The molecule has 0 saturated carbocycles. The number of rotatable bonds is 5. The third kappa shape index (κ3) is 5.50. The van der Waals surface area contributed by atoms with Crippen LogP contribution in [0.1, 0.15) is 37.0 Å². The molecule has 5 heteroatoms. The molecular formula is C14H19FN2O2. The Labute approximate surface area is 112 Å². The van der Waals surface area contributed by atoms with Gasteiger partial charge in [0.15, 0.2) is 0 Å². The number of carbonyl (C=O) groups is 1. The fourth-order valence-corrected chi connectivity index (χ4v) is 1.37. The molecule has 0 spiro atoms. The molecule has 0 unspecified atom stereocenters. The van der Waals surface area contributed by atoms with Gasteiger partial charge < -0.3 is 4.74 Å². The Bertz CT molecular complexity index is 430. The van der Waals surface area contributed by atoms with Gasteiger partial charge in [-0.1, -0.05) is 13.3 Å². The van der Waals surface area contributed by atoms with Crippen molar-refractivity contribution in [3.63, 3.8) is 0 Å². The van der Waals surface area contributed by atoms with Crippen LogP contribution in [0.5, 0.6) is 0 Å². The number of halogens is 1. The minimum absolute atomic E-state index is 0.213. The number of carbonyl (C=O) groups excluding carboxylic acids is 1. The maximum Gasteiger partial charge on any atom is 0.291 e. The summed E-state index contributed by atoms with van der Waals surface area (Å²) in [5.74, 6) is -0.734. The summed E-state index contributed by atoms with van der Waals surface area (Å²) in [5, 5.41) is 2.58. The van der Waals surface area contributed by atoms with E-state index in [1.165, 1.54) is 24.3 Å². The zero-order valence-electron chi connectivity index (χ0n) is 11.3. The number of hydrogen-bond acceptors (Lipinski definition) is 3. The van der Waals surface area contributed by atoms with E-state index >= 15 is 0 Å². The number of nitrogens with zero attached hydrogens (tertiary/aromatic N) is 1. The van der Waals surface area contributed by atoms with Gasteiger partial charge in [-0.25, -0.2) is 9.38 Å². The number of aliphatic imine (C=N–C) groups is 1. The lowest BCUT2D eigenvalue weighted by Crippen LogP contribution is -2.32. The van der Waals surface area contributed by atoms with Crippen LogP contribution in [0.25, 0.3) is 0 Å². The number of amides is 1. The van der Waals surface area contributed by atoms with E-state index < -0.39 is 0 Å². The summed E-state index contributed by atoms with van der Waals surface area (Å²) < 4.78 is 18.0. The molecule has 1 rings (SSSR count). The molecule has 0 aliphatic carbocycles. The van der Waals surface area contributed by atoms with Crippen molar-refractivity contribution in [1.82, 2.24) is 5.32 Å². The molecule has 0 aromatic heterocycles. The van der Waals surface area contributed by atoms with E-state index in [-0.39, 0.29) is 17.7 Å². The predicted octanol–water partition coefficient (Wildman–Crippen LogP) is 2.75. The second-order valence-corrected chi connectivity index (χ2v) is 3.93. The van der Waals surface area contributed by atoms with Gasteiger partial charge in [-0.05, 0) is 37.6 Å². The summed E-state index contributed by atoms with van der Waals surface area (Å²) in [6.45, 7) is 4.91. The van der Waals surface area contributed by atoms with Crippen LogP contribution in [0.4, 0.5) is 4.39 Å². The van der Waals surface area contributed by atoms with Crippen LogP contribution in [0.15, 0.2) is 29.3 Å². The van der Waals surface area contributed by atoms with Gasteiger partial charge >= 0.3 is 0 Å². The Morgan fingerprint density at radius 1 is 1.32 bits per heavy atom. The van der Waals surface area contributed by atoms with E-state index in [0.717, 1.165) is 12.8 Å². The number of unbranched alkanes of at least 4 members (excludes halogenated alkanes) is 1. The van der Waals surface area contributed by atoms with E-state index in [0.29, 0.717) is 18.7 Å². The zero-order chi connectivity index (χ0) is 14.1. The Balaban J connectivity index is 2.65. The van der Waals surface area contributed by atoms with E-state index in [1.54, 1.807) is 0 Å². The molecule has 1 N–H and O–H groups in total. The van der Waals surface area contributed by atoms with Gasteiger partial charge in [-0.2, -0.15) is 0 Å². The Hall–Kier alpha value is -1.91. The summed E-state index contributed by atoms with van der Waals surface area (Å²) in [6, 6.07) is 5.53. The third-order valence-corrected chi connectivity index (χ3v) is 2.38. The molecule has 104 valence electrons. The number of amidine groups is 1. The second kappa shape index (κ2) is 8.24. The van der Waals surface area contributed by atoms with Crippen LogP contribution in [-0.4, -0.2) is 25.1 Å². The first-order valence-corrected chi connectivity index (χ1v) is 6.41. The van der Waals surface area contributed by atoms with Crippen LogP contribution in [-0.2, 0) is 4.74 Å². The average molecular weight is 266 g/mol. The number of hydrogen-bond donors (Lipinski definition) is 1. The van der Waals surface area contributed by atoms with E-state index in [1.807, 2.05) is 6.92 Å². The van der Waals surface area contributed by atoms with Gasteiger partial charge in [0.2, 0.25) is 0 Å². The lowest BCUT2D eigenvalue weighted by Gasteiger charge is -2.09. The molecule has 1 aromatic rings. The third-order valence-electron chi connectivity index (χ3n) is 2.38. The van der Waals surface area contributed by atoms with Crippen molar-refractivity contribution in [2.75, 3.05) is 13.2 Å². The highest BCUT2D eigenvalue weighted by Gasteiger charge is 2.09. The van der Waals surface area contributed by atoms with Gasteiger partial charge in [0.05, 0.1) is 6.61 Å². The van der Waals surface area contributed by atoms with E-state index in [9.17, 15) is 9.18 Å². The smallest absolute Gasteiger partial charge is 0.291 e. The summed E-state index contributed by atoms with van der Waals surface area (Å²) in [4.78, 5) is 16.1. The van der Waals surface area contributed by atoms with Crippen LogP contribution < -0.4 is 5.32 Å². The molecule has 1 amide bonds. The van der Waals surface area contributed by atoms with Gasteiger partial charge in [0.25, 0.3) is 11.9 Å². The maximum atomic E-state index is 12.8. The molecule has 0 radical (unpaired) electrons. The fraction of sp³-hybridized carbons (Fsp3) is 0.429. The minimum atomic E-state index is -0.377. The Morgan fingerprint density at radius 3 is 2.58 bits per heavy atom. The quantitative estimate of drug-likeness (QED) is 0.506. The highest BCUT2D eigenvalue weighted by molar-refractivity contribution is 6.04. The van der Waals surface area contributed by atoms with Crippen molar-refractivity contribution in [3.05, 3.63) is 35.6 Å². The molecule has 0 atom stereocenters.